The minimum absolute atomic E-state index is 0.201. The number of nitrogens with zero attached hydrogens (tertiary/aromatic N) is 1. The van der Waals surface area contributed by atoms with Crippen molar-refractivity contribution < 1.29 is 34.3 Å². The van der Waals surface area contributed by atoms with Crippen molar-refractivity contribution in [2.45, 2.75) is 29.8 Å². The van der Waals surface area contributed by atoms with Crippen LogP contribution in [0.1, 0.15) is 24.5 Å². The average molecular weight is 423 g/mol. The molecule has 0 fully saturated rings. The summed E-state index contributed by atoms with van der Waals surface area (Å²) in [6, 6.07) is 3.68. The Morgan fingerprint density at radius 2 is 1.78 bits per heavy atom. The molecule has 0 bridgehead atoms. The summed E-state index contributed by atoms with van der Waals surface area (Å²) in [7, 11) is 0. The third-order valence-electron chi connectivity index (χ3n) is 3.32. The van der Waals surface area contributed by atoms with E-state index < -0.39 is 59.2 Å². The summed E-state index contributed by atoms with van der Waals surface area (Å²) >= 11 is 10.9. The summed E-state index contributed by atoms with van der Waals surface area (Å²) in [5.41, 5.74) is 0.00129. The zero-order valence-corrected chi connectivity index (χ0v) is 15.2. The van der Waals surface area contributed by atoms with Gasteiger partial charge in [0, 0.05) is 12.1 Å². The van der Waals surface area contributed by atoms with Gasteiger partial charge in [-0.05, 0) is 17.7 Å². The fraction of sp³-hybridized carbons (Fsp3) is 0.400. The lowest BCUT2D eigenvalue weighted by molar-refractivity contribution is -0.384. The number of aliphatic carboxylic acids is 1. The molecule has 1 aromatic rings. The molecule has 0 saturated heterocycles. The molecule has 0 aliphatic heterocycles. The van der Waals surface area contributed by atoms with Crippen LogP contribution in [0.15, 0.2) is 24.3 Å². The van der Waals surface area contributed by atoms with Crippen LogP contribution in [0.2, 0.25) is 0 Å². The number of halogens is 2. The van der Waals surface area contributed by atoms with E-state index in [2.05, 4.69) is 5.32 Å². The highest BCUT2D eigenvalue weighted by atomic mass is 35.5. The number of hydrogen-bond acceptors (Lipinski definition) is 7. The third kappa shape index (κ3) is 7.77. The van der Waals surface area contributed by atoms with E-state index in [0.29, 0.717) is 0 Å². The number of benzene rings is 1. The topological polar surface area (TPSA) is 156 Å². The van der Waals surface area contributed by atoms with Crippen molar-refractivity contribution in [3.8, 4) is 0 Å². The number of amides is 1. The van der Waals surface area contributed by atoms with Gasteiger partial charge in [-0.25, -0.2) is 0 Å². The SMILES string of the molecule is O=C(O)CCC(=O)OC[C@H](NC(=O)C(Cl)Cl)[C@H](O)c1ccc([N+](=O)[O-])cc1. The number of nitrogens with one attached hydrogen (secondary N) is 1. The van der Waals surface area contributed by atoms with Crippen LogP contribution in [-0.4, -0.2) is 50.5 Å². The fourth-order valence-corrected chi connectivity index (χ4v) is 2.07. The second kappa shape index (κ2) is 10.7. The molecular formula is C15H16Cl2N2O8. The van der Waals surface area contributed by atoms with Crippen molar-refractivity contribution in [1.82, 2.24) is 5.32 Å². The molecule has 0 heterocycles. The molecule has 1 amide bonds. The highest BCUT2D eigenvalue weighted by Gasteiger charge is 2.27. The van der Waals surface area contributed by atoms with E-state index in [1.807, 2.05) is 0 Å². The Morgan fingerprint density at radius 1 is 1.19 bits per heavy atom. The molecule has 0 aromatic heterocycles. The first kappa shape index (κ1) is 22.6. The van der Waals surface area contributed by atoms with Gasteiger partial charge >= 0.3 is 11.9 Å². The first-order valence-corrected chi connectivity index (χ1v) is 8.37. The highest BCUT2D eigenvalue weighted by molar-refractivity contribution is 6.53. The summed E-state index contributed by atoms with van der Waals surface area (Å²) in [5, 5.41) is 31.9. The van der Waals surface area contributed by atoms with Crippen LogP contribution in [0.25, 0.3) is 0 Å². The molecular weight excluding hydrogens is 407 g/mol. The molecule has 0 radical (unpaired) electrons. The maximum atomic E-state index is 11.7. The Bertz CT molecular complexity index is 696. The lowest BCUT2D eigenvalue weighted by Gasteiger charge is -2.24. The second-order valence-electron chi connectivity index (χ2n) is 5.29. The van der Waals surface area contributed by atoms with Crippen molar-refractivity contribution >= 4 is 46.7 Å². The van der Waals surface area contributed by atoms with Crippen LogP contribution in [-0.2, 0) is 19.1 Å². The van der Waals surface area contributed by atoms with Crippen LogP contribution >= 0.6 is 23.2 Å². The Labute approximate surface area is 163 Å². The van der Waals surface area contributed by atoms with E-state index in [4.69, 9.17) is 33.0 Å². The lowest BCUT2D eigenvalue weighted by Crippen LogP contribution is -2.45. The standard InChI is InChI=1S/C15H16Cl2N2O8/c16-14(17)15(24)18-10(7-27-12(22)6-5-11(20)21)13(23)8-1-3-9(4-2-8)19(25)26/h1-4,10,13-14,23H,5-7H2,(H,18,24)(H,20,21)/t10-,13+/m0/s1. The number of aliphatic hydroxyl groups excluding tert-OH is 1. The third-order valence-corrected chi connectivity index (χ3v) is 3.72. The Kier molecular flexibility index (Phi) is 8.92. The van der Waals surface area contributed by atoms with Gasteiger partial charge in [0.2, 0.25) is 0 Å². The number of carboxylic acids is 1. The van der Waals surface area contributed by atoms with Crippen LogP contribution < -0.4 is 5.32 Å². The van der Waals surface area contributed by atoms with Crippen LogP contribution in [0, 0.1) is 10.1 Å². The maximum absolute atomic E-state index is 11.7. The van der Waals surface area contributed by atoms with E-state index in [1.54, 1.807) is 0 Å². The number of ether oxygens (including phenoxy) is 1. The maximum Gasteiger partial charge on any atom is 0.306 e. The van der Waals surface area contributed by atoms with Gasteiger partial charge in [0.25, 0.3) is 11.6 Å². The summed E-state index contributed by atoms with van der Waals surface area (Å²) < 4.78 is 4.87. The molecule has 3 N–H and O–H groups in total. The van der Waals surface area contributed by atoms with Crippen LogP contribution in [0.3, 0.4) is 0 Å². The number of nitro groups is 1. The summed E-state index contributed by atoms with van der Waals surface area (Å²) in [6.45, 7) is -0.497. The highest BCUT2D eigenvalue weighted by Crippen LogP contribution is 2.21. The molecule has 12 heteroatoms. The number of alkyl halides is 2. The number of carboxylic acid groups (broad SMARTS) is 1. The zero-order chi connectivity index (χ0) is 20.6. The predicted molar refractivity (Wildman–Crippen MR) is 93.3 cm³/mol. The Hall–Kier alpha value is -2.43. The number of esters is 1. The fourth-order valence-electron chi connectivity index (χ4n) is 1.95. The van der Waals surface area contributed by atoms with Crippen molar-refractivity contribution in [3.63, 3.8) is 0 Å². The molecule has 148 valence electrons. The first-order chi connectivity index (χ1) is 12.6. The molecule has 1 aromatic carbocycles. The van der Waals surface area contributed by atoms with E-state index in [9.17, 15) is 29.6 Å². The van der Waals surface area contributed by atoms with Crippen molar-refractivity contribution in [1.29, 1.82) is 0 Å². The molecule has 0 aliphatic carbocycles. The van der Waals surface area contributed by atoms with E-state index in [-0.39, 0.29) is 11.3 Å². The molecule has 27 heavy (non-hydrogen) atoms. The van der Waals surface area contributed by atoms with Gasteiger partial charge in [0.1, 0.15) is 12.7 Å². The molecule has 2 atom stereocenters. The van der Waals surface area contributed by atoms with Gasteiger partial charge in [0.15, 0.2) is 4.84 Å². The van der Waals surface area contributed by atoms with Gasteiger partial charge in [-0.3, -0.25) is 24.5 Å². The quantitative estimate of drug-likeness (QED) is 0.220. The van der Waals surface area contributed by atoms with E-state index >= 15 is 0 Å². The summed E-state index contributed by atoms with van der Waals surface area (Å²) in [4.78, 5) is 42.3. The number of rotatable bonds is 10. The number of carbonyl (C=O) groups excluding carboxylic acids is 2. The normalized spacial score (nSPS) is 12.9. The number of aliphatic hydroxyl groups is 1. The largest absolute Gasteiger partial charge is 0.481 e. The molecule has 0 unspecified atom stereocenters. The number of carbonyl (C=O) groups is 3. The van der Waals surface area contributed by atoms with Gasteiger partial charge in [-0.1, -0.05) is 23.2 Å². The summed E-state index contributed by atoms with van der Waals surface area (Å²) in [6.07, 6.45) is -2.24. The van der Waals surface area contributed by atoms with E-state index in [0.717, 1.165) is 12.1 Å². The van der Waals surface area contributed by atoms with Crippen molar-refractivity contribution in [2.75, 3.05) is 6.61 Å². The van der Waals surface area contributed by atoms with E-state index in [1.165, 1.54) is 12.1 Å². The molecule has 0 aliphatic rings. The lowest BCUT2D eigenvalue weighted by atomic mass is 10.0. The molecule has 1 rings (SSSR count). The summed E-state index contributed by atoms with van der Waals surface area (Å²) in [5.74, 6) is -2.89. The monoisotopic (exact) mass is 422 g/mol. The predicted octanol–water partition coefficient (Wildman–Crippen LogP) is 1.32. The average Bonchev–Trinajstić information content (AvgIpc) is 2.62. The Morgan fingerprint density at radius 3 is 2.26 bits per heavy atom. The zero-order valence-electron chi connectivity index (χ0n) is 13.7. The number of hydrogen-bond donors (Lipinski definition) is 3. The van der Waals surface area contributed by atoms with Gasteiger partial charge in [0.05, 0.1) is 23.8 Å². The van der Waals surface area contributed by atoms with Crippen molar-refractivity contribution in [2.24, 2.45) is 0 Å². The molecule has 0 saturated carbocycles. The smallest absolute Gasteiger partial charge is 0.306 e. The molecule has 10 nitrogen and oxygen atoms in total. The van der Waals surface area contributed by atoms with Gasteiger partial charge in [-0.15, -0.1) is 0 Å². The number of nitro benzene ring substituents is 1. The van der Waals surface area contributed by atoms with Gasteiger partial charge < -0.3 is 20.3 Å². The van der Waals surface area contributed by atoms with Crippen LogP contribution in [0.5, 0.6) is 0 Å². The minimum Gasteiger partial charge on any atom is -0.481 e. The van der Waals surface area contributed by atoms with Gasteiger partial charge in [-0.2, -0.15) is 0 Å². The first-order valence-electron chi connectivity index (χ1n) is 7.50. The Balaban J connectivity index is 2.85. The molecule has 0 spiro atoms. The van der Waals surface area contributed by atoms with Crippen LogP contribution in [0.4, 0.5) is 5.69 Å². The van der Waals surface area contributed by atoms with Crippen molar-refractivity contribution in [3.05, 3.63) is 39.9 Å². The number of non-ortho nitro benzene ring substituents is 1. The second-order valence-corrected chi connectivity index (χ2v) is 6.38. The minimum atomic E-state index is -1.45.